The van der Waals surface area contributed by atoms with Gasteiger partial charge >= 0.3 is 0 Å². The molecule has 1 aromatic rings. The van der Waals surface area contributed by atoms with Crippen molar-refractivity contribution < 1.29 is 0 Å². The molecule has 0 N–H and O–H groups in total. The lowest BCUT2D eigenvalue weighted by atomic mass is 9.81. The van der Waals surface area contributed by atoms with Gasteiger partial charge in [-0.05, 0) is 49.0 Å². The monoisotopic (exact) mass is 247 g/mol. The molecular formula is C15H21NS. The van der Waals surface area contributed by atoms with Crippen LogP contribution >= 0.6 is 12.2 Å². The van der Waals surface area contributed by atoms with Gasteiger partial charge in [-0.25, -0.2) is 4.99 Å². The highest BCUT2D eigenvalue weighted by atomic mass is 32.1. The van der Waals surface area contributed by atoms with Crippen molar-refractivity contribution in [1.29, 1.82) is 0 Å². The van der Waals surface area contributed by atoms with Gasteiger partial charge in [0.05, 0.1) is 10.7 Å². The normalized spacial score (nSPS) is 12.1. The van der Waals surface area contributed by atoms with Crippen molar-refractivity contribution >= 4 is 17.4 Å². The Kier molecular flexibility index (Phi) is 4.24. The van der Waals surface area contributed by atoms with Crippen molar-refractivity contribution in [3.63, 3.8) is 0 Å². The van der Waals surface area contributed by atoms with Crippen molar-refractivity contribution in [3.8, 4) is 0 Å². The molecule has 0 saturated heterocycles. The Morgan fingerprint density at radius 3 is 1.94 bits per heavy atom. The van der Waals surface area contributed by atoms with Gasteiger partial charge in [-0.1, -0.05) is 45.0 Å². The van der Waals surface area contributed by atoms with Crippen LogP contribution < -0.4 is 0 Å². The van der Waals surface area contributed by atoms with E-state index in [2.05, 4.69) is 67.4 Å². The van der Waals surface area contributed by atoms with Crippen LogP contribution in [0, 0.1) is 0 Å². The number of isothiocyanates is 1. The largest absolute Gasteiger partial charge is 0.222 e. The summed E-state index contributed by atoms with van der Waals surface area (Å²) in [6.45, 7) is 10.8. The Morgan fingerprint density at radius 1 is 1.06 bits per heavy atom. The molecule has 0 atom stereocenters. The van der Waals surface area contributed by atoms with Crippen molar-refractivity contribution in [1.82, 2.24) is 0 Å². The lowest BCUT2D eigenvalue weighted by Crippen LogP contribution is -2.17. The minimum Gasteiger partial charge on any atom is -0.222 e. The molecule has 1 rings (SSSR count). The molecule has 0 saturated carbocycles. The van der Waals surface area contributed by atoms with E-state index in [-0.39, 0.29) is 11.0 Å². The van der Waals surface area contributed by atoms with E-state index in [0.717, 1.165) is 6.42 Å². The Morgan fingerprint density at radius 2 is 1.53 bits per heavy atom. The fourth-order valence-corrected chi connectivity index (χ4v) is 1.94. The minimum atomic E-state index is -0.281. The number of hydrogen-bond donors (Lipinski definition) is 0. The molecule has 0 fully saturated rings. The van der Waals surface area contributed by atoms with E-state index >= 15 is 0 Å². The molecule has 0 aliphatic carbocycles. The third kappa shape index (κ3) is 3.24. The molecule has 0 aromatic heterocycles. The summed E-state index contributed by atoms with van der Waals surface area (Å²) in [6, 6.07) is 8.67. The predicted octanol–water partition coefficient (Wildman–Crippen LogP) is 4.71. The molecule has 0 radical (unpaired) electrons. The van der Waals surface area contributed by atoms with Gasteiger partial charge in [0, 0.05) is 0 Å². The number of nitrogens with zero attached hydrogens (tertiary/aromatic N) is 1. The second-order valence-electron chi connectivity index (χ2n) is 5.58. The van der Waals surface area contributed by atoms with Gasteiger partial charge in [0.25, 0.3) is 0 Å². The number of aliphatic imine (C=N–C) groups is 1. The van der Waals surface area contributed by atoms with Crippen molar-refractivity contribution in [2.45, 2.75) is 52.0 Å². The SMILES string of the molecule is CCC(C)(C)c1ccc(C(C)(C)N=C=S)cc1. The summed E-state index contributed by atoms with van der Waals surface area (Å²) < 4.78 is 0. The van der Waals surface area contributed by atoms with Crippen molar-refractivity contribution in [2.75, 3.05) is 0 Å². The van der Waals surface area contributed by atoms with Gasteiger partial charge in [0.2, 0.25) is 0 Å². The molecule has 1 nitrogen and oxygen atoms in total. The first kappa shape index (κ1) is 14.1. The first-order valence-electron chi connectivity index (χ1n) is 6.03. The molecule has 0 spiro atoms. The van der Waals surface area contributed by atoms with Crippen molar-refractivity contribution in [3.05, 3.63) is 35.4 Å². The lowest BCUT2D eigenvalue weighted by molar-refractivity contribution is 0.504. The van der Waals surface area contributed by atoms with Gasteiger partial charge in [-0.2, -0.15) is 0 Å². The molecule has 0 amide bonds. The van der Waals surface area contributed by atoms with Crippen LogP contribution in [0.2, 0.25) is 0 Å². The van der Waals surface area contributed by atoms with Gasteiger partial charge in [-0.15, -0.1) is 0 Å². The van der Waals surface area contributed by atoms with Gasteiger partial charge in [-0.3, -0.25) is 0 Å². The van der Waals surface area contributed by atoms with E-state index in [0.29, 0.717) is 0 Å². The van der Waals surface area contributed by atoms with Crippen LogP contribution in [0.5, 0.6) is 0 Å². The number of hydrogen-bond acceptors (Lipinski definition) is 2. The van der Waals surface area contributed by atoms with Crippen LogP contribution in [0.25, 0.3) is 0 Å². The van der Waals surface area contributed by atoms with Crippen LogP contribution in [0.3, 0.4) is 0 Å². The third-order valence-corrected chi connectivity index (χ3v) is 3.67. The summed E-state index contributed by atoms with van der Waals surface area (Å²) in [5, 5.41) is 2.47. The average Bonchev–Trinajstić information content (AvgIpc) is 2.29. The van der Waals surface area contributed by atoms with Gasteiger partial charge in [0.15, 0.2) is 0 Å². The average molecular weight is 247 g/mol. The fraction of sp³-hybridized carbons (Fsp3) is 0.533. The summed E-state index contributed by atoms with van der Waals surface area (Å²) in [5.74, 6) is 0. The van der Waals surface area contributed by atoms with Crippen LogP contribution in [0.4, 0.5) is 0 Å². The zero-order valence-corrected chi connectivity index (χ0v) is 12.2. The van der Waals surface area contributed by atoms with Crippen LogP contribution in [-0.4, -0.2) is 5.16 Å². The number of thiocarbonyl (C=S) groups is 1. The summed E-state index contributed by atoms with van der Waals surface area (Å²) in [6.07, 6.45) is 1.13. The first-order valence-corrected chi connectivity index (χ1v) is 6.44. The Hall–Kier alpha value is -0.980. The second-order valence-corrected chi connectivity index (χ2v) is 5.76. The molecule has 0 bridgehead atoms. The van der Waals surface area contributed by atoms with E-state index in [4.69, 9.17) is 0 Å². The maximum Gasteiger partial charge on any atom is 0.0903 e. The molecule has 0 aliphatic heterocycles. The molecule has 0 unspecified atom stereocenters. The summed E-state index contributed by atoms with van der Waals surface area (Å²) in [4.78, 5) is 4.20. The van der Waals surface area contributed by atoms with Crippen LogP contribution in [0.15, 0.2) is 29.3 Å². The molecule has 1 aromatic carbocycles. The highest BCUT2D eigenvalue weighted by Gasteiger charge is 2.21. The van der Waals surface area contributed by atoms with Crippen molar-refractivity contribution in [2.24, 2.45) is 4.99 Å². The highest BCUT2D eigenvalue weighted by molar-refractivity contribution is 7.78. The van der Waals surface area contributed by atoms with Crippen LogP contribution in [-0.2, 0) is 11.0 Å². The lowest BCUT2D eigenvalue weighted by Gasteiger charge is -2.25. The molecule has 17 heavy (non-hydrogen) atoms. The second kappa shape index (κ2) is 5.12. The van der Waals surface area contributed by atoms with E-state index in [1.165, 1.54) is 11.1 Å². The zero-order valence-electron chi connectivity index (χ0n) is 11.4. The third-order valence-electron chi connectivity index (χ3n) is 3.58. The quantitative estimate of drug-likeness (QED) is 0.554. The predicted molar refractivity (Wildman–Crippen MR) is 77.8 cm³/mol. The topological polar surface area (TPSA) is 12.4 Å². The smallest absolute Gasteiger partial charge is 0.0903 e. The van der Waals surface area contributed by atoms with E-state index in [1.54, 1.807) is 0 Å². The molecule has 0 heterocycles. The molecule has 0 aliphatic rings. The Bertz CT molecular complexity index is 423. The number of rotatable bonds is 4. The highest BCUT2D eigenvalue weighted by Crippen LogP contribution is 2.30. The van der Waals surface area contributed by atoms with Crippen LogP contribution in [0.1, 0.15) is 52.2 Å². The maximum atomic E-state index is 4.69. The molecule has 92 valence electrons. The van der Waals surface area contributed by atoms with E-state index < -0.39 is 0 Å². The van der Waals surface area contributed by atoms with Gasteiger partial charge in [0.1, 0.15) is 0 Å². The fourth-order valence-electron chi connectivity index (χ4n) is 1.71. The summed E-state index contributed by atoms with van der Waals surface area (Å²) in [7, 11) is 0. The standard InChI is InChI=1S/C15H21NS/c1-6-14(2,3)12-7-9-13(10-8-12)15(4,5)16-11-17/h7-10H,6H2,1-5H3. The Labute approximate surface area is 110 Å². The van der Waals surface area contributed by atoms with E-state index in [9.17, 15) is 0 Å². The summed E-state index contributed by atoms with van der Waals surface area (Å²) in [5.41, 5.74) is 2.49. The van der Waals surface area contributed by atoms with E-state index in [1.807, 2.05) is 13.8 Å². The van der Waals surface area contributed by atoms with Gasteiger partial charge < -0.3 is 0 Å². The minimum absolute atomic E-state index is 0.232. The Balaban J connectivity index is 3.08. The molecule has 2 heteroatoms. The summed E-state index contributed by atoms with van der Waals surface area (Å²) >= 11 is 4.69. The molecular weight excluding hydrogens is 226 g/mol. The zero-order chi connectivity index (χ0) is 13.1. The first-order chi connectivity index (χ1) is 7.83. The number of benzene rings is 1. The maximum absolute atomic E-state index is 4.69.